The van der Waals surface area contributed by atoms with Crippen LogP contribution in [0.5, 0.6) is 0 Å². The Hall–Kier alpha value is -2.05. The third-order valence-corrected chi connectivity index (χ3v) is 2.86. The van der Waals surface area contributed by atoms with Crippen molar-refractivity contribution in [3.8, 4) is 0 Å². The van der Waals surface area contributed by atoms with Crippen molar-refractivity contribution < 1.29 is 27.9 Å². The van der Waals surface area contributed by atoms with Crippen molar-refractivity contribution in [3.63, 3.8) is 0 Å². The van der Waals surface area contributed by atoms with E-state index in [1.54, 1.807) is 13.8 Å². The fourth-order valence-electron chi connectivity index (χ4n) is 1.60. The highest BCUT2D eigenvalue weighted by Crippen LogP contribution is 2.29. The molecule has 0 saturated carbocycles. The molecule has 7 heteroatoms. The molecule has 0 aliphatic rings. The van der Waals surface area contributed by atoms with Gasteiger partial charge in [0, 0.05) is 12.3 Å². The first-order valence-electron chi connectivity index (χ1n) is 6.30. The van der Waals surface area contributed by atoms with Gasteiger partial charge in [-0.2, -0.15) is 13.2 Å². The number of carbonyl (C=O) groups excluding carboxylic acids is 1. The molecule has 1 rings (SSSR count). The summed E-state index contributed by atoms with van der Waals surface area (Å²) in [5.74, 6) is -2.03. The number of rotatable bonds is 5. The maximum atomic E-state index is 12.4. The van der Waals surface area contributed by atoms with Gasteiger partial charge in [-0.1, -0.05) is 26.0 Å². The largest absolute Gasteiger partial charge is 0.480 e. The summed E-state index contributed by atoms with van der Waals surface area (Å²) in [7, 11) is 0. The molecule has 0 aromatic heterocycles. The van der Waals surface area contributed by atoms with E-state index in [0.29, 0.717) is 5.56 Å². The van der Waals surface area contributed by atoms with Gasteiger partial charge in [-0.25, -0.2) is 4.79 Å². The standard InChI is InChI=1S/C14H16F3NO3/c1-8(2)12(19)18-11(13(20)21)7-9-3-5-10(6-4-9)14(15,16)17/h3-6,8,11H,7H2,1-2H3,(H,18,19)(H,20,21)/t11-/m1/s1. The fraction of sp³-hybridized carbons (Fsp3) is 0.429. The summed E-state index contributed by atoms with van der Waals surface area (Å²) in [6.45, 7) is 3.23. The van der Waals surface area contributed by atoms with Gasteiger partial charge in [0.2, 0.25) is 5.91 Å². The molecule has 1 aromatic rings. The second-order valence-electron chi connectivity index (χ2n) is 4.95. The van der Waals surface area contributed by atoms with Crippen molar-refractivity contribution in [1.29, 1.82) is 0 Å². The van der Waals surface area contributed by atoms with Crippen LogP contribution in [0.2, 0.25) is 0 Å². The monoisotopic (exact) mass is 303 g/mol. The van der Waals surface area contributed by atoms with Crippen LogP contribution in [0.1, 0.15) is 25.0 Å². The van der Waals surface area contributed by atoms with E-state index in [2.05, 4.69) is 5.32 Å². The zero-order valence-electron chi connectivity index (χ0n) is 11.6. The molecule has 0 saturated heterocycles. The van der Waals surface area contributed by atoms with E-state index >= 15 is 0 Å². The molecule has 0 unspecified atom stereocenters. The quantitative estimate of drug-likeness (QED) is 0.878. The van der Waals surface area contributed by atoms with Gasteiger partial charge >= 0.3 is 12.1 Å². The lowest BCUT2D eigenvalue weighted by atomic mass is 10.0. The number of hydrogen-bond donors (Lipinski definition) is 2. The Labute approximate surface area is 120 Å². The lowest BCUT2D eigenvalue weighted by Gasteiger charge is -2.16. The van der Waals surface area contributed by atoms with Crippen LogP contribution >= 0.6 is 0 Å². The maximum Gasteiger partial charge on any atom is 0.416 e. The molecule has 2 N–H and O–H groups in total. The number of aliphatic carboxylic acids is 1. The highest BCUT2D eigenvalue weighted by Gasteiger charge is 2.30. The van der Waals surface area contributed by atoms with Gasteiger partial charge in [0.05, 0.1) is 5.56 Å². The molecule has 0 spiro atoms. The molecule has 0 aliphatic heterocycles. The molecule has 0 fully saturated rings. The molecule has 21 heavy (non-hydrogen) atoms. The zero-order valence-corrected chi connectivity index (χ0v) is 11.6. The summed E-state index contributed by atoms with van der Waals surface area (Å²) in [5, 5.41) is 11.4. The molecule has 4 nitrogen and oxygen atoms in total. The second kappa shape index (κ2) is 6.60. The molecule has 1 amide bonds. The Morgan fingerprint density at radius 3 is 2.10 bits per heavy atom. The number of halogens is 3. The molecule has 0 heterocycles. The first-order valence-corrected chi connectivity index (χ1v) is 6.30. The first kappa shape index (κ1) is 17.0. The van der Waals surface area contributed by atoms with E-state index in [9.17, 15) is 22.8 Å². The Kier molecular flexibility index (Phi) is 5.34. The molecule has 0 bridgehead atoms. The minimum atomic E-state index is -4.43. The van der Waals surface area contributed by atoms with Gasteiger partial charge in [0.25, 0.3) is 0 Å². The number of carboxylic acid groups (broad SMARTS) is 1. The average molecular weight is 303 g/mol. The minimum Gasteiger partial charge on any atom is -0.480 e. The van der Waals surface area contributed by atoms with Crippen LogP contribution in [0.25, 0.3) is 0 Å². The predicted molar refractivity (Wildman–Crippen MR) is 69.6 cm³/mol. The summed E-state index contributed by atoms with van der Waals surface area (Å²) in [6, 6.07) is 3.02. The summed E-state index contributed by atoms with van der Waals surface area (Å²) >= 11 is 0. The van der Waals surface area contributed by atoms with Crippen molar-refractivity contribution in [1.82, 2.24) is 5.32 Å². The zero-order chi connectivity index (χ0) is 16.2. The van der Waals surface area contributed by atoms with E-state index in [1.807, 2.05) is 0 Å². The summed E-state index contributed by atoms with van der Waals surface area (Å²) < 4.78 is 37.3. The number of amides is 1. The van der Waals surface area contributed by atoms with Crippen molar-refractivity contribution in [3.05, 3.63) is 35.4 Å². The van der Waals surface area contributed by atoms with Crippen molar-refractivity contribution in [2.75, 3.05) is 0 Å². The first-order chi connectivity index (χ1) is 9.61. The lowest BCUT2D eigenvalue weighted by molar-refractivity contribution is -0.142. The molecule has 116 valence electrons. The van der Waals surface area contributed by atoms with Gasteiger partial charge in [-0.05, 0) is 17.7 Å². The van der Waals surface area contributed by atoms with Crippen LogP contribution in [0.3, 0.4) is 0 Å². The summed E-state index contributed by atoms with van der Waals surface area (Å²) in [4.78, 5) is 22.6. The predicted octanol–water partition coefficient (Wildman–Crippen LogP) is 2.47. The van der Waals surface area contributed by atoms with Gasteiger partial charge in [-0.3, -0.25) is 4.79 Å². The third-order valence-electron chi connectivity index (χ3n) is 2.86. The molecular formula is C14H16F3NO3. The minimum absolute atomic E-state index is 0.0774. The van der Waals surface area contributed by atoms with E-state index < -0.39 is 29.7 Å². The highest BCUT2D eigenvalue weighted by atomic mass is 19.4. The SMILES string of the molecule is CC(C)C(=O)N[C@H](Cc1ccc(C(F)(F)F)cc1)C(=O)O. The molecule has 1 aromatic carbocycles. The van der Waals surface area contributed by atoms with Gasteiger partial charge < -0.3 is 10.4 Å². The Morgan fingerprint density at radius 2 is 1.71 bits per heavy atom. The van der Waals surface area contributed by atoms with E-state index in [1.165, 1.54) is 12.1 Å². The van der Waals surface area contributed by atoms with Crippen LogP contribution in [0.4, 0.5) is 13.2 Å². The van der Waals surface area contributed by atoms with E-state index in [0.717, 1.165) is 12.1 Å². The van der Waals surface area contributed by atoms with Crippen molar-refractivity contribution in [2.24, 2.45) is 5.92 Å². The van der Waals surface area contributed by atoms with Crippen LogP contribution in [0, 0.1) is 5.92 Å². The molecule has 0 radical (unpaired) electrons. The number of carbonyl (C=O) groups is 2. The van der Waals surface area contributed by atoms with Crippen LogP contribution in [-0.2, 0) is 22.2 Å². The number of benzene rings is 1. The molecule has 0 aliphatic carbocycles. The van der Waals surface area contributed by atoms with Crippen LogP contribution in [0.15, 0.2) is 24.3 Å². The average Bonchev–Trinajstić information content (AvgIpc) is 2.37. The van der Waals surface area contributed by atoms with E-state index in [4.69, 9.17) is 5.11 Å². The number of carboxylic acids is 1. The van der Waals surface area contributed by atoms with Crippen molar-refractivity contribution >= 4 is 11.9 Å². The number of hydrogen-bond acceptors (Lipinski definition) is 2. The third kappa shape index (κ3) is 5.09. The molecule has 1 atom stereocenters. The molecular weight excluding hydrogens is 287 g/mol. The normalized spacial score (nSPS) is 13.0. The van der Waals surface area contributed by atoms with Crippen LogP contribution < -0.4 is 5.32 Å². The second-order valence-corrected chi connectivity index (χ2v) is 4.95. The lowest BCUT2D eigenvalue weighted by Crippen LogP contribution is -2.44. The van der Waals surface area contributed by atoms with Gasteiger partial charge in [-0.15, -0.1) is 0 Å². The summed E-state index contributed by atoms with van der Waals surface area (Å²) in [5.41, 5.74) is -0.399. The number of nitrogens with one attached hydrogen (secondary N) is 1. The highest BCUT2D eigenvalue weighted by molar-refractivity contribution is 5.84. The van der Waals surface area contributed by atoms with Gasteiger partial charge in [0.15, 0.2) is 0 Å². The summed E-state index contributed by atoms with van der Waals surface area (Å²) in [6.07, 6.45) is -4.51. The smallest absolute Gasteiger partial charge is 0.416 e. The Balaban J connectivity index is 2.81. The van der Waals surface area contributed by atoms with E-state index in [-0.39, 0.29) is 12.3 Å². The Morgan fingerprint density at radius 1 is 1.19 bits per heavy atom. The Bertz CT molecular complexity index is 509. The van der Waals surface area contributed by atoms with Crippen LogP contribution in [-0.4, -0.2) is 23.0 Å². The van der Waals surface area contributed by atoms with Crippen molar-refractivity contribution in [2.45, 2.75) is 32.5 Å². The maximum absolute atomic E-state index is 12.4. The van der Waals surface area contributed by atoms with Gasteiger partial charge in [0.1, 0.15) is 6.04 Å². The fourth-order valence-corrected chi connectivity index (χ4v) is 1.60. The topological polar surface area (TPSA) is 66.4 Å². The number of alkyl halides is 3.